The van der Waals surface area contributed by atoms with Crippen LogP contribution in [0.2, 0.25) is 0 Å². The van der Waals surface area contributed by atoms with Gasteiger partial charge in [0.25, 0.3) is 0 Å². The number of sulfonamides is 1. The van der Waals surface area contributed by atoms with E-state index < -0.39 is 10.0 Å². The van der Waals surface area contributed by atoms with Crippen LogP contribution in [0, 0.1) is 19.8 Å². The number of aryl methyl sites for hydroxylation is 2. The summed E-state index contributed by atoms with van der Waals surface area (Å²) in [5.41, 5.74) is 1.66. The molecule has 23 heavy (non-hydrogen) atoms. The third-order valence-corrected chi connectivity index (χ3v) is 6.15. The number of amides is 1. The average molecular weight is 338 g/mol. The maximum atomic E-state index is 12.9. The van der Waals surface area contributed by atoms with E-state index in [2.05, 4.69) is 5.32 Å². The average Bonchev–Trinajstić information content (AvgIpc) is 2.49. The molecule has 1 heterocycles. The Morgan fingerprint density at radius 2 is 2.00 bits per heavy atom. The van der Waals surface area contributed by atoms with Gasteiger partial charge in [0.15, 0.2) is 0 Å². The van der Waals surface area contributed by atoms with Gasteiger partial charge in [-0.3, -0.25) is 4.79 Å². The lowest BCUT2D eigenvalue weighted by molar-refractivity contribution is -0.126. The Labute approximate surface area is 139 Å². The Hall–Kier alpha value is -1.40. The number of hydrogen-bond donors (Lipinski definition) is 1. The Bertz CT molecular complexity index is 683. The van der Waals surface area contributed by atoms with E-state index in [1.54, 1.807) is 13.0 Å². The fourth-order valence-corrected chi connectivity index (χ4v) is 4.73. The zero-order chi connectivity index (χ0) is 17.2. The van der Waals surface area contributed by atoms with Crippen molar-refractivity contribution in [2.75, 3.05) is 13.1 Å². The molecule has 1 aromatic carbocycles. The van der Waals surface area contributed by atoms with Crippen molar-refractivity contribution in [2.45, 2.75) is 51.5 Å². The van der Waals surface area contributed by atoms with Gasteiger partial charge in [0.05, 0.1) is 10.8 Å². The molecule has 1 aliphatic rings. The Kier molecular flexibility index (Phi) is 5.47. The number of nitrogens with zero attached hydrogens (tertiary/aromatic N) is 1. The Morgan fingerprint density at radius 3 is 2.65 bits per heavy atom. The minimum atomic E-state index is -3.56. The van der Waals surface area contributed by atoms with E-state index in [-0.39, 0.29) is 24.4 Å². The smallest absolute Gasteiger partial charge is 0.243 e. The molecule has 1 fully saturated rings. The molecule has 0 radical (unpaired) electrons. The lowest BCUT2D eigenvalue weighted by Gasteiger charge is -2.32. The number of carbonyl (C=O) groups is 1. The molecule has 1 amide bonds. The van der Waals surface area contributed by atoms with Crippen molar-refractivity contribution in [1.82, 2.24) is 9.62 Å². The van der Waals surface area contributed by atoms with Gasteiger partial charge in [-0.1, -0.05) is 12.1 Å². The highest BCUT2D eigenvalue weighted by Crippen LogP contribution is 2.26. The van der Waals surface area contributed by atoms with E-state index in [9.17, 15) is 13.2 Å². The van der Waals surface area contributed by atoms with Crippen molar-refractivity contribution in [3.05, 3.63) is 29.3 Å². The second kappa shape index (κ2) is 7.01. The van der Waals surface area contributed by atoms with E-state index in [1.165, 1.54) is 4.31 Å². The van der Waals surface area contributed by atoms with E-state index in [0.717, 1.165) is 17.5 Å². The van der Waals surface area contributed by atoms with Crippen LogP contribution < -0.4 is 5.32 Å². The largest absolute Gasteiger partial charge is 0.354 e. The molecule has 1 aliphatic heterocycles. The van der Waals surface area contributed by atoms with Crippen molar-refractivity contribution in [1.29, 1.82) is 0 Å². The molecule has 0 unspecified atom stereocenters. The number of nitrogens with one attached hydrogen (secondary N) is 1. The van der Waals surface area contributed by atoms with Crippen LogP contribution in [0.3, 0.4) is 0 Å². The van der Waals surface area contributed by atoms with Crippen molar-refractivity contribution < 1.29 is 13.2 Å². The molecule has 0 bridgehead atoms. The van der Waals surface area contributed by atoms with E-state index in [1.807, 2.05) is 32.9 Å². The zero-order valence-corrected chi connectivity index (χ0v) is 15.1. The monoisotopic (exact) mass is 338 g/mol. The number of rotatable bonds is 4. The molecule has 0 saturated carbocycles. The van der Waals surface area contributed by atoms with Gasteiger partial charge in [-0.15, -0.1) is 0 Å². The molecule has 1 aromatic rings. The summed E-state index contributed by atoms with van der Waals surface area (Å²) in [6.07, 6.45) is 1.44. The summed E-state index contributed by atoms with van der Waals surface area (Å²) in [6, 6.07) is 5.51. The first-order valence-electron chi connectivity index (χ1n) is 8.09. The Balaban J connectivity index is 2.23. The molecule has 1 atom stereocenters. The summed E-state index contributed by atoms with van der Waals surface area (Å²) in [4.78, 5) is 12.6. The van der Waals surface area contributed by atoms with Crippen molar-refractivity contribution in [3.63, 3.8) is 0 Å². The molecule has 6 heteroatoms. The summed E-state index contributed by atoms with van der Waals surface area (Å²) < 4.78 is 27.4. The predicted octanol–water partition coefficient (Wildman–Crippen LogP) is 2.23. The van der Waals surface area contributed by atoms with Crippen LogP contribution in [0.5, 0.6) is 0 Å². The minimum Gasteiger partial charge on any atom is -0.354 e. The van der Waals surface area contributed by atoms with Gasteiger partial charge in [-0.2, -0.15) is 4.31 Å². The second-order valence-corrected chi connectivity index (χ2v) is 8.54. The topological polar surface area (TPSA) is 66.5 Å². The SMILES string of the molecule is Cc1ccc(C)c(S(=O)(=O)N2CCC[C@@H](C(=O)NC(C)C)C2)c1. The molecule has 1 saturated heterocycles. The summed E-state index contributed by atoms with van der Waals surface area (Å²) in [5.74, 6) is -0.327. The molecular formula is C17H26N2O3S. The zero-order valence-electron chi connectivity index (χ0n) is 14.3. The normalized spacial score (nSPS) is 19.8. The first kappa shape index (κ1) is 17.9. The molecule has 5 nitrogen and oxygen atoms in total. The van der Waals surface area contributed by atoms with Gasteiger partial charge in [-0.25, -0.2) is 8.42 Å². The van der Waals surface area contributed by atoms with Gasteiger partial charge >= 0.3 is 0 Å². The number of carbonyl (C=O) groups excluding carboxylic acids is 1. The first-order chi connectivity index (χ1) is 10.7. The van der Waals surface area contributed by atoms with Crippen LogP contribution in [-0.4, -0.2) is 37.8 Å². The molecule has 128 valence electrons. The Morgan fingerprint density at radius 1 is 1.30 bits per heavy atom. The van der Waals surface area contributed by atoms with Gasteiger partial charge in [0, 0.05) is 19.1 Å². The van der Waals surface area contributed by atoms with Gasteiger partial charge in [0.1, 0.15) is 0 Å². The van der Waals surface area contributed by atoms with Gasteiger partial charge < -0.3 is 5.32 Å². The lowest BCUT2D eigenvalue weighted by Crippen LogP contribution is -2.46. The third-order valence-electron chi connectivity index (χ3n) is 4.15. The highest BCUT2D eigenvalue weighted by Gasteiger charge is 2.34. The molecular weight excluding hydrogens is 312 g/mol. The second-order valence-electron chi connectivity index (χ2n) is 6.63. The van der Waals surface area contributed by atoms with Crippen LogP contribution in [-0.2, 0) is 14.8 Å². The molecule has 0 aliphatic carbocycles. The van der Waals surface area contributed by atoms with E-state index in [4.69, 9.17) is 0 Å². The highest BCUT2D eigenvalue weighted by molar-refractivity contribution is 7.89. The van der Waals surface area contributed by atoms with Crippen molar-refractivity contribution in [3.8, 4) is 0 Å². The lowest BCUT2D eigenvalue weighted by atomic mass is 9.98. The fourth-order valence-electron chi connectivity index (χ4n) is 2.90. The fraction of sp³-hybridized carbons (Fsp3) is 0.588. The molecule has 1 N–H and O–H groups in total. The predicted molar refractivity (Wildman–Crippen MR) is 90.7 cm³/mol. The molecule has 0 spiro atoms. The summed E-state index contributed by atoms with van der Waals surface area (Å²) in [5, 5.41) is 2.88. The maximum absolute atomic E-state index is 12.9. The van der Waals surface area contributed by atoms with Crippen LogP contribution in [0.25, 0.3) is 0 Å². The minimum absolute atomic E-state index is 0.0548. The third kappa shape index (κ3) is 4.12. The number of hydrogen-bond acceptors (Lipinski definition) is 3. The van der Waals surface area contributed by atoms with Gasteiger partial charge in [0.2, 0.25) is 15.9 Å². The van der Waals surface area contributed by atoms with Crippen LogP contribution >= 0.6 is 0 Å². The van der Waals surface area contributed by atoms with Crippen LogP contribution in [0.1, 0.15) is 37.8 Å². The van der Waals surface area contributed by atoms with Crippen molar-refractivity contribution >= 4 is 15.9 Å². The maximum Gasteiger partial charge on any atom is 0.243 e. The summed E-state index contributed by atoms with van der Waals surface area (Å²) in [6.45, 7) is 8.24. The van der Waals surface area contributed by atoms with Crippen LogP contribution in [0.15, 0.2) is 23.1 Å². The highest BCUT2D eigenvalue weighted by atomic mass is 32.2. The first-order valence-corrected chi connectivity index (χ1v) is 9.53. The summed E-state index contributed by atoms with van der Waals surface area (Å²) in [7, 11) is -3.56. The van der Waals surface area contributed by atoms with E-state index >= 15 is 0 Å². The standard InChI is InChI=1S/C17H26N2O3S/c1-12(2)18-17(20)15-6-5-9-19(11-15)23(21,22)16-10-13(3)7-8-14(16)4/h7-8,10,12,15H,5-6,9,11H2,1-4H3,(H,18,20)/t15-/m1/s1. The van der Waals surface area contributed by atoms with Crippen LogP contribution in [0.4, 0.5) is 0 Å². The molecule has 0 aromatic heterocycles. The van der Waals surface area contributed by atoms with Crippen molar-refractivity contribution in [2.24, 2.45) is 5.92 Å². The molecule has 2 rings (SSSR count). The van der Waals surface area contributed by atoms with E-state index in [0.29, 0.717) is 17.9 Å². The quantitative estimate of drug-likeness (QED) is 0.915. The van der Waals surface area contributed by atoms with Gasteiger partial charge in [-0.05, 0) is 57.7 Å². The summed E-state index contributed by atoms with van der Waals surface area (Å²) >= 11 is 0. The number of benzene rings is 1. The number of piperidine rings is 1.